The summed E-state index contributed by atoms with van der Waals surface area (Å²) < 4.78 is 28.3. The number of rotatable bonds is 7. The van der Waals surface area contributed by atoms with Gasteiger partial charge >= 0.3 is 6.61 Å². The van der Waals surface area contributed by atoms with Crippen molar-refractivity contribution < 1.29 is 18.3 Å². The van der Waals surface area contributed by atoms with Gasteiger partial charge in [0.2, 0.25) is 0 Å². The van der Waals surface area contributed by atoms with Crippen LogP contribution in [0.15, 0.2) is 24.3 Å². The molecule has 0 aromatic heterocycles. The molecule has 0 saturated carbocycles. The minimum absolute atomic E-state index is 0.0237. The van der Waals surface area contributed by atoms with Gasteiger partial charge in [-0.1, -0.05) is 6.92 Å². The molecule has 1 N–H and O–H groups in total. The first kappa shape index (κ1) is 16.7. The van der Waals surface area contributed by atoms with Crippen molar-refractivity contribution >= 4 is 17.5 Å². The number of ether oxygens (including phenoxy) is 1. The standard InChI is InChI=1S/C14H18ClF2NO2/c1-3-14(2,8-9-15)18-12(19)10-4-6-11(7-5-10)20-13(16)17/h4-7,13H,3,8-9H2,1-2H3,(H,18,19). The molecule has 0 spiro atoms. The largest absolute Gasteiger partial charge is 0.435 e. The van der Waals surface area contributed by atoms with Crippen LogP contribution >= 0.6 is 11.6 Å². The van der Waals surface area contributed by atoms with Crippen LogP contribution in [-0.2, 0) is 0 Å². The zero-order valence-electron chi connectivity index (χ0n) is 11.5. The van der Waals surface area contributed by atoms with Crippen LogP contribution in [0.2, 0.25) is 0 Å². The van der Waals surface area contributed by atoms with Crippen LogP contribution in [0.1, 0.15) is 37.0 Å². The minimum atomic E-state index is -2.87. The van der Waals surface area contributed by atoms with Gasteiger partial charge in [-0.05, 0) is 44.0 Å². The molecule has 0 aliphatic heterocycles. The van der Waals surface area contributed by atoms with E-state index in [0.717, 1.165) is 6.42 Å². The average Bonchev–Trinajstić information content (AvgIpc) is 2.39. The second kappa shape index (κ2) is 7.43. The highest BCUT2D eigenvalue weighted by atomic mass is 35.5. The van der Waals surface area contributed by atoms with E-state index >= 15 is 0 Å². The van der Waals surface area contributed by atoms with Crippen molar-refractivity contribution in [2.45, 2.75) is 38.8 Å². The van der Waals surface area contributed by atoms with Crippen molar-refractivity contribution in [3.63, 3.8) is 0 Å². The van der Waals surface area contributed by atoms with Crippen LogP contribution < -0.4 is 10.1 Å². The summed E-state index contributed by atoms with van der Waals surface area (Å²) >= 11 is 5.72. The Kier molecular flexibility index (Phi) is 6.20. The molecule has 112 valence electrons. The third-order valence-electron chi connectivity index (χ3n) is 3.18. The number of halogens is 3. The molecule has 0 aliphatic carbocycles. The molecular weight excluding hydrogens is 288 g/mol. The molecule has 1 rings (SSSR count). The summed E-state index contributed by atoms with van der Waals surface area (Å²) in [6, 6.07) is 5.57. The van der Waals surface area contributed by atoms with E-state index in [2.05, 4.69) is 10.1 Å². The van der Waals surface area contributed by atoms with Crippen LogP contribution in [-0.4, -0.2) is 23.9 Å². The SMILES string of the molecule is CCC(C)(CCCl)NC(=O)c1ccc(OC(F)F)cc1. The summed E-state index contributed by atoms with van der Waals surface area (Å²) in [6.45, 7) is 1.01. The Balaban J connectivity index is 2.72. The number of benzene rings is 1. The number of hydrogen-bond donors (Lipinski definition) is 1. The van der Waals surface area contributed by atoms with Crippen molar-refractivity contribution in [1.82, 2.24) is 5.32 Å². The maximum Gasteiger partial charge on any atom is 0.387 e. The van der Waals surface area contributed by atoms with Crippen LogP contribution in [0, 0.1) is 0 Å². The molecule has 3 nitrogen and oxygen atoms in total. The van der Waals surface area contributed by atoms with E-state index in [1.165, 1.54) is 24.3 Å². The van der Waals surface area contributed by atoms with E-state index in [9.17, 15) is 13.6 Å². The Morgan fingerprint density at radius 1 is 1.40 bits per heavy atom. The van der Waals surface area contributed by atoms with Gasteiger partial charge in [-0.15, -0.1) is 11.6 Å². The van der Waals surface area contributed by atoms with E-state index < -0.39 is 6.61 Å². The van der Waals surface area contributed by atoms with E-state index in [-0.39, 0.29) is 17.2 Å². The molecule has 20 heavy (non-hydrogen) atoms. The Morgan fingerprint density at radius 2 is 2.00 bits per heavy atom. The number of carbonyl (C=O) groups excluding carboxylic acids is 1. The lowest BCUT2D eigenvalue weighted by Crippen LogP contribution is -2.45. The number of hydrogen-bond acceptors (Lipinski definition) is 2. The first-order chi connectivity index (χ1) is 9.40. The van der Waals surface area contributed by atoms with Gasteiger partial charge in [0, 0.05) is 17.0 Å². The molecule has 0 heterocycles. The number of amides is 1. The fourth-order valence-corrected chi connectivity index (χ4v) is 2.09. The third-order valence-corrected chi connectivity index (χ3v) is 3.37. The molecule has 6 heteroatoms. The number of carbonyl (C=O) groups is 1. The van der Waals surface area contributed by atoms with Crippen molar-refractivity contribution in [2.75, 3.05) is 5.88 Å². The predicted octanol–water partition coefficient (Wildman–Crippen LogP) is 3.82. The number of nitrogens with one attached hydrogen (secondary N) is 1. The summed E-state index contributed by atoms with van der Waals surface area (Å²) in [5.41, 5.74) is 0.0117. The molecule has 0 aliphatic rings. The molecule has 1 atom stereocenters. The first-order valence-corrected chi connectivity index (χ1v) is 6.87. The zero-order valence-corrected chi connectivity index (χ0v) is 12.2. The summed E-state index contributed by atoms with van der Waals surface area (Å²) in [5.74, 6) is 0.213. The van der Waals surface area contributed by atoms with Crippen LogP contribution in [0.4, 0.5) is 8.78 Å². The van der Waals surface area contributed by atoms with E-state index in [0.29, 0.717) is 17.9 Å². The highest BCUT2D eigenvalue weighted by Gasteiger charge is 2.24. The topological polar surface area (TPSA) is 38.3 Å². The lowest BCUT2D eigenvalue weighted by molar-refractivity contribution is -0.0498. The molecular formula is C14H18ClF2NO2. The van der Waals surface area contributed by atoms with Crippen LogP contribution in [0.3, 0.4) is 0 Å². The molecule has 0 bridgehead atoms. The van der Waals surface area contributed by atoms with Crippen LogP contribution in [0.5, 0.6) is 5.75 Å². The Hall–Kier alpha value is -1.36. The van der Waals surface area contributed by atoms with Gasteiger partial charge < -0.3 is 10.1 Å². The molecule has 0 saturated heterocycles. The minimum Gasteiger partial charge on any atom is -0.435 e. The summed E-state index contributed by atoms with van der Waals surface area (Å²) in [7, 11) is 0. The van der Waals surface area contributed by atoms with E-state index in [1.807, 2.05) is 13.8 Å². The maximum absolute atomic E-state index is 12.1. The second-order valence-corrected chi connectivity index (χ2v) is 5.09. The summed E-state index contributed by atoms with van der Waals surface area (Å²) in [4.78, 5) is 12.1. The quantitative estimate of drug-likeness (QED) is 0.778. The van der Waals surface area contributed by atoms with E-state index in [1.54, 1.807) is 0 Å². The maximum atomic E-state index is 12.1. The third kappa shape index (κ3) is 4.96. The Bertz CT molecular complexity index is 439. The van der Waals surface area contributed by atoms with Crippen molar-refractivity contribution in [3.05, 3.63) is 29.8 Å². The fraction of sp³-hybridized carbons (Fsp3) is 0.500. The highest BCUT2D eigenvalue weighted by molar-refractivity contribution is 6.17. The second-order valence-electron chi connectivity index (χ2n) is 4.71. The van der Waals surface area contributed by atoms with Gasteiger partial charge in [0.15, 0.2) is 0 Å². The molecule has 0 radical (unpaired) electrons. The summed E-state index contributed by atoms with van der Waals surface area (Å²) in [6.07, 6.45) is 1.40. The van der Waals surface area contributed by atoms with Crippen LogP contribution in [0.25, 0.3) is 0 Å². The molecule has 1 aromatic rings. The monoisotopic (exact) mass is 305 g/mol. The van der Waals surface area contributed by atoms with Gasteiger partial charge in [0.1, 0.15) is 5.75 Å². The zero-order chi connectivity index (χ0) is 15.2. The van der Waals surface area contributed by atoms with Gasteiger partial charge in [-0.2, -0.15) is 8.78 Å². The van der Waals surface area contributed by atoms with Gasteiger partial charge in [-0.25, -0.2) is 0 Å². The van der Waals surface area contributed by atoms with Crippen molar-refractivity contribution in [1.29, 1.82) is 0 Å². The van der Waals surface area contributed by atoms with Crippen molar-refractivity contribution in [2.24, 2.45) is 0 Å². The van der Waals surface area contributed by atoms with E-state index in [4.69, 9.17) is 11.6 Å². The highest BCUT2D eigenvalue weighted by Crippen LogP contribution is 2.18. The molecule has 1 unspecified atom stereocenters. The van der Waals surface area contributed by atoms with Gasteiger partial charge in [0.05, 0.1) is 0 Å². The predicted molar refractivity (Wildman–Crippen MR) is 74.6 cm³/mol. The smallest absolute Gasteiger partial charge is 0.387 e. The van der Waals surface area contributed by atoms with Gasteiger partial charge in [-0.3, -0.25) is 4.79 Å². The first-order valence-electron chi connectivity index (χ1n) is 6.33. The molecule has 1 amide bonds. The molecule has 1 aromatic carbocycles. The number of alkyl halides is 3. The lowest BCUT2D eigenvalue weighted by Gasteiger charge is -2.29. The average molecular weight is 306 g/mol. The fourth-order valence-electron chi connectivity index (χ4n) is 1.67. The van der Waals surface area contributed by atoms with Gasteiger partial charge in [0.25, 0.3) is 5.91 Å². The Morgan fingerprint density at radius 3 is 2.45 bits per heavy atom. The molecule has 0 fully saturated rings. The van der Waals surface area contributed by atoms with Crippen molar-refractivity contribution in [3.8, 4) is 5.75 Å². The normalized spacial score (nSPS) is 13.9. The summed E-state index contributed by atoms with van der Waals surface area (Å²) in [5, 5.41) is 2.91. The lowest BCUT2D eigenvalue weighted by atomic mass is 9.95. The Labute approximate surface area is 122 Å².